The Morgan fingerprint density at radius 3 is 2.88 bits per heavy atom. The van der Waals surface area contributed by atoms with E-state index in [1.807, 2.05) is 29.8 Å². The molecule has 0 unspecified atom stereocenters. The molecule has 0 bridgehead atoms. The Morgan fingerprint density at radius 2 is 2.03 bits per heavy atom. The van der Waals surface area contributed by atoms with Gasteiger partial charge in [-0.15, -0.1) is 22.7 Å². The molecule has 1 aliphatic carbocycles. The molecule has 9 heteroatoms. The minimum absolute atomic E-state index is 0.193. The standard InChI is InChI=1S/C24H20N6OS2/c25-16-3-1-2-4-17(16)27-23(31)20-7-8-22(33-20)29-24-28-18(13-32-24)19-12-26-21-11-15(14-5-6-14)9-10-30(19)21/h1-4,7-14H,5-6,25H2,(H,27,31)(H,28,29). The zero-order chi connectivity index (χ0) is 22.4. The average molecular weight is 473 g/mol. The number of anilines is 4. The smallest absolute Gasteiger partial charge is 0.265 e. The lowest BCUT2D eigenvalue weighted by Gasteiger charge is -2.06. The van der Waals surface area contributed by atoms with Gasteiger partial charge in [-0.2, -0.15) is 0 Å². The van der Waals surface area contributed by atoms with Crippen LogP contribution in [0.5, 0.6) is 0 Å². The summed E-state index contributed by atoms with van der Waals surface area (Å²) in [6.45, 7) is 0. The minimum atomic E-state index is -0.193. The number of carbonyl (C=O) groups excluding carboxylic acids is 1. The predicted molar refractivity (Wildman–Crippen MR) is 135 cm³/mol. The van der Waals surface area contributed by atoms with Crippen molar-refractivity contribution >= 4 is 55.7 Å². The fraction of sp³-hybridized carbons (Fsp3) is 0.125. The van der Waals surface area contributed by atoms with Crippen LogP contribution in [-0.2, 0) is 0 Å². The van der Waals surface area contributed by atoms with Gasteiger partial charge in [-0.3, -0.25) is 9.20 Å². The van der Waals surface area contributed by atoms with E-state index in [0.29, 0.717) is 22.2 Å². The Balaban J connectivity index is 1.17. The third-order valence-corrected chi connectivity index (χ3v) is 7.38. The van der Waals surface area contributed by atoms with Gasteiger partial charge in [0, 0.05) is 11.6 Å². The second-order valence-corrected chi connectivity index (χ2v) is 9.92. The number of nitrogens with one attached hydrogen (secondary N) is 2. The molecule has 1 amide bonds. The first-order valence-corrected chi connectivity index (χ1v) is 12.3. The number of benzene rings is 1. The number of amides is 1. The lowest BCUT2D eigenvalue weighted by molar-refractivity contribution is 0.103. The topological polar surface area (TPSA) is 97.3 Å². The van der Waals surface area contributed by atoms with Crippen LogP contribution in [0.15, 0.2) is 66.3 Å². The Hall–Kier alpha value is -3.69. The number of pyridine rings is 1. The van der Waals surface area contributed by atoms with E-state index >= 15 is 0 Å². The summed E-state index contributed by atoms with van der Waals surface area (Å²) in [6, 6.07) is 15.2. The Kier molecular flexibility index (Phi) is 4.85. The van der Waals surface area contributed by atoms with Gasteiger partial charge in [-0.25, -0.2) is 9.97 Å². The van der Waals surface area contributed by atoms with E-state index < -0.39 is 0 Å². The lowest BCUT2D eigenvalue weighted by atomic mass is 10.2. The number of thiazole rings is 1. The number of nitrogen functional groups attached to an aromatic ring is 1. The quantitative estimate of drug-likeness (QED) is 0.264. The van der Waals surface area contributed by atoms with Gasteiger partial charge in [-0.05, 0) is 60.7 Å². The molecular weight excluding hydrogens is 452 g/mol. The molecule has 1 fully saturated rings. The Labute approximate surface area is 197 Å². The van der Waals surface area contributed by atoms with E-state index in [2.05, 4.69) is 38.3 Å². The normalized spacial score (nSPS) is 13.3. The molecular formula is C24H20N6OS2. The fourth-order valence-electron chi connectivity index (χ4n) is 3.73. The number of imidazole rings is 1. The van der Waals surface area contributed by atoms with Crippen LogP contribution in [0.1, 0.15) is 34.0 Å². The van der Waals surface area contributed by atoms with Crippen molar-refractivity contribution < 1.29 is 4.79 Å². The summed E-state index contributed by atoms with van der Waals surface area (Å²) < 4.78 is 2.08. The van der Waals surface area contributed by atoms with Crippen LogP contribution in [0.2, 0.25) is 0 Å². The maximum Gasteiger partial charge on any atom is 0.265 e. The van der Waals surface area contributed by atoms with Gasteiger partial charge >= 0.3 is 0 Å². The van der Waals surface area contributed by atoms with Crippen LogP contribution >= 0.6 is 22.7 Å². The molecule has 1 saturated carbocycles. The number of nitrogens with two attached hydrogens (primary N) is 1. The number of fused-ring (bicyclic) bond motifs is 1. The molecule has 0 spiro atoms. The highest BCUT2D eigenvalue weighted by Crippen LogP contribution is 2.40. The maximum atomic E-state index is 12.6. The van der Waals surface area contributed by atoms with E-state index in [4.69, 9.17) is 10.7 Å². The summed E-state index contributed by atoms with van der Waals surface area (Å²) in [5.41, 5.74) is 11.2. The number of para-hydroxylation sites is 2. The maximum absolute atomic E-state index is 12.6. The number of aromatic nitrogens is 3. The zero-order valence-corrected chi connectivity index (χ0v) is 19.1. The first-order chi connectivity index (χ1) is 16.1. The van der Waals surface area contributed by atoms with Gasteiger partial charge in [0.15, 0.2) is 5.13 Å². The van der Waals surface area contributed by atoms with Crippen LogP contribution in [-0.4, -0.2) is 20.3 Å². The average Bonchev–Trinajstić information content (AvgIpc) is 3.19. The summed E-state index contributed by atoms with van der Waals surface area (Å²) in [7, 11) is 0. The Bertz CT molecular complexity index is 1480. The second kappa shape index (κ2) is 8.02. The van der Waals surface area contributed by atoms with Crippen LogP contribution < -0.4 is 16.4 Å². The summed E-state index contributed by atoms with van der Waals surface area (Å²) in [5.74, 6) is 0.509. The summed E-state index contributed by atoms with van der Waals surface area (Å²) >= 11 is 2.88. The van der Waals surface area contributed by atoms with Gasteiger partial charge in [0.25, 0.3) is 5.91 Å². The van der Waals surface area contributed by atoms with Crippen LogP contribution in [0, 0.1) is 0 Å². The summed E-state index contributed by atoms with van der Waals surface area (Å²) in [6.07, 6.45) is 6.50. The van der Waals surface area contributed by atoms with Crippen molar-refractivity contribution in [3.63, 3.8) is 0 Å². The van der Waals surface area contributed by atoms with Crippen molar-refractivity contribution in [1.82, 2.24) is 14.4 Å². The van der Waals surface area contributed by atoms with Gasteiger partial charge in [0.1, 0.15) is 11.3 Å². The molecule has 6 rings (SSSR count). The van der Waals surface area contributed by atoms with E-state index in [0.717, 1.165) is 27.2 Å². The number of nitrogens with zero attached hydrogens (tertiary/aromatic N) is 3. The SMILES string of the molecule is Nc1ccccc1NC(=O)c1ccc(Nc2nc(-c3cnc4cc(C5CC5)ccn34)cs2)s1. The molecule has 1 aliphatic rings. The highest BCUT2D eigenvalue weighted by Gasteiger charge is 2.24. The molecule has 5 aromatic rings. The van der Waals surface area contributed by atoms with E-state index in [1.165, 1.54) is 41.1 Å². The molecule has 0 radical (unpaired) electrons. The fourth-order valence-corrected chi connectivity index (χ4v) is 5.31. The van der Waals surface area contributed by atoms with Crippen molar-refractivity contribution in [2.45, 2.75) is 18.8 Å². The molecule has 0 aliphatic heterocycles. The largest absolute Gasteiger partial charge is 0.397 e. The monoisotopic (exact) mass is 472 g/mol. The van der Waals surface area contributed by atoms with E-state index in [9.17, 15) is 4.79 Å². The van der Waals surface area contributed by atoms with Crippen LogP contribution in [0.25, 0.3) is 17.0 Å². The van der Waals surface area contributed by atoms with Crippen LogP contribution in [0.3, 0.4) is 0 Å². The van der Waals surface area contributed by atoms with Gasteiger partial charge < -0.3 is 16.4 Å². The van der Waals surface area contributed by atoms with Gasteiger partial charge in [-0.1, -0.05) is 12.1 Å². The highest BCUT2D eigenvalue weighted by atomic mass is 32.1. The van der Waals surface area contributed by atoms with Crippen molar-refractivity contribution in [3.05, 3.63) is 76.7 Å². The third kappa shape index (κ3) is 3.96. The number of hydrogen-bond donors (Lipinski definition) is 3. The molecule has 164 valence electrons. The minimum Gasteiger partial charge on any atom is -0.397 e. The molecule has 0 saturated heterocycles. The molecule has 0 atom stereocenters. The Morgan fingerprint density at radius 1 is 1.15 bits per heavy atom. The molecule has 4 N–H and O–H groups in total. The van der Waals surface area contributed by atoms with Gasteiger partial charge in [0.05, 0.1) is 33.1 Å². The number of rotatable bonds is 6. The number of carbonyl (C=O) groups is 1. The molecule has 33 heavy (non-hydrogen) atoms. The van der Waals surface area contributed by atoms with Crippen LogP contribution in [0.4, 0.5) is 21.5 Å². The molecule has 1 aromatic carbocycles. The van der Waals surface area contributed by atoms with Crippen molar-refractivity contribution in [2.75, 3.05) is 16.4 Å². The first kappa shape index (κ1) is 20.0. The molecule has 4 heterocycles. The number of hydrogen-bond acceptors (Lipinski definition) is 7. The first-order valence-electron chi connectivity index (χ1n) is 10.6. The lowest BCUT2D eigenvalue weighted by Crippen LogP contribution is -2.11. The molecule has 7 nitrogen and oxygen atoms in total. The third-order valence-electron chi connectivity index (χ3n) is 5.62. The van der Waals surface area contributed by atoms with Crippen molar-refractivity contribution in [3.8, 4) is 11.4 Å². The van der Waals surface area contributed by atoms with E-state index in [-0.39, 0.29) is 5.91 Å². The number of thiophene rings is 1. The highest BCUT2D eigenvalue weighted by molar-refractivity contribution is 7.19. The predicted octanol–water partition coefficient (Wildman–Crippen LogP) is 5.97. The summed E-state index contributed by atoms with van der Waals surface area (Å²) in [5, 5.41) is 9.78. The van der Waals surface area contributed by atoms with Crippen molar-refractivity contribution in [1.29, 1.82) is 0 Å². The van der Waals surface area contributed by atoms with Gasteiger partial charge in [0.2, 0.25) is 0 Å². The van der Waals surface area contributed by atoms with E-state index in [1.54, 1.807) is 18.2 Å². The van der Waals surface area contributed by atoms with Crippen molar-refractivity contribution in [2.24, 2.45) is 0 Å². The summed E-state index contributed by atoms with van der Waals surface area (Å²) in [4.78, 5) is 22.5. The zero-order valence-electron chi connectivity index (χ0n) is 17.5. The molecule has 4 aromatic heterocycles. The second-order valence-electron chi connectivity index (χ2n) is 7.97.